The molecule has 0 radical (unpaired) electrons. The summed E-state index contributed by atoms with van der Waals surface area (Å²) in [5.74, 6) is -1.03. The highest BCUT2D eigenvalue weighted by Crippen LogP contribution is 1.97. The molecule has 2 aromatic rings. The minimum atomic E-state index is -1.40. The maximum Gasteiger partial charge on any atom is 0.249 e. The summed E-state index contributed by atoms with van der Waals surface area (Å²) < 4.78 is 0. The van der Waals surface area contributed by atoms with E-state index in [1.165, 1.54) is 0 Å². The molecule has 2 heterocycles. The SMILES string of the molecule is O=C(C[C@H](O)C(=O)NCc1ccccn1)NCc1ccccn1. The van der Waals surface area contributed by atoms with Crippen LogP contribution in [0.4, 0.5) is 0 Å². The Hall–Kier alpha value is -2.80. The smallest absolute Gasteiger partial charge is 0.249 e. The fourth-order valence-corrected chi connectivity index (χ4v) is 1.83. The van der Waals surface area contributed by atoms with Gasteiger partial charge in [-0.15, -0.1) is 0 Å². The van der Waals surface area contributed by atoms with Crippen molar-refractivity contribution in [3.8, 4) is 0 Å². The zero-order valence-corrected chi connectivity index (χ0v) is 12.5. The van der Waals surface area contributed by atoms with E-state index in [0.717, 1.165) is 0 Å². The van der Waals surface area contributed by atoms with Gasteiger partial charge >= 0.3 is 0 Å². The molecule has 0 unspecified atom stereocenters. The second-order valence-corrected chi connectivity index (χ2v) is 4.86. The first-order valence-electron chi connectivity index (χ1n) is 7.17. The lowest BCUT2D eigenvalue weighted by Crippen LogP contribution is -2.38. The van der Waals surface area contributed by atoms with Crippen molar-refractivity contribution < 1.29 is 14.7 Å². The lowest BCUT2D eigenvalue weighted by atomic mass is 10.2. The van der Waals surface area contributed by atoms with E-state index in [1.54, 1.807) is 42.7 Å². The fourth-order valence-electron chi connectivity index (χ4n) is 1.83. The number of amides is 2. The van der Waals surface area contributed by atoms with Crippen LogP contribution in [0, 0.1) is 0 Å². The number of hydrogen-bond donors (Lipinski definition) is 3. The van der Waals surface area contributed by atoms with Gasteiger partial charge in [-0.2, -0.15) is 0 Å². The first kappa shape index (κ1) is 16.6. The van der Waals surface area contributed by atoms with Crippen molar-refractivity contribution in [3.63, 3.8) is 0 Å². The van der Waals surface area contributed by atoms with Crippen LogP contribution in [-0.2, 0) is 22.7 Å². The van der Waals surface area contributed by atoms with Crippen molar-refractivity contribution in [2.24, 2.45) is 0 Å². The fraction of sp³-hybridized carbons (Fsp3) is 0.250. The molecule has 1 atom stereocenters. The number of aliphatic hydroxyl groups excluding tert-OH is 1. The molecule has 0 saturated heterocycles. The van der Waals surface area contributed by atoms with Crippen molar-refractivity contribution >= 4 is 11.8 Å². The normalized spacial score (nSPS) is 11.5. The van der Waals surface area contributed by atoms with Crippen molar-refractivity contribution in [3.05, 3.63) is 60.2 Å². The molecular weight excluding hydrogens is 296 g/mol. The average Bonchev–Trinajstić information content (AvgIpc) is 2.59. The molecule has 0 aliphatic heterocycles. The van der Waals surface area contributed by atoms with E-state index in [4.69, 9.17) is 0 Å². The Morgan fingerprint density at radius 1 is 0.957 bits per heavy atom. The molecule has 120 valence electrons. The molecule has 0 saturated carbocycles. The number of carbonyl (C=O) groups excluding carboxylic acids is 2. The van der Waals surface area contributed by atoms with Crippen LogP contribution in [-0.4, -0.2) is 33.0 Å². The molecule has 0 aliphatic carbocycles. The Labute approximate surface area is 133 Å². The zero-order chi connectivity index (χ0) is 16.5. The average molecular weight is 314 g/mol. The summed E-state index contributed by atoms with van der Waals surface area (Å²) in [5, 5.41) is 14.9. The van der Waals surface area contributed by atoms with Crippen molar-refractivity contribution in [1.29, 1.82) is 0 Å². The number of hydrogen-bond acceptors (Lipinski definition) is 5. The predicted octanol–water partition coefficient (Wildman–Crippen LogP) is 0.160. The molecule has 0 fully saturated rings. The Morgan fingerprint density at radius 2 is 1.52 bits per heavy atom. The minimum Gasteiger partial charge on any atom is -0.383 e. The maximum absolute atomic E-state index is 11.7. The van der Waals surface area contributed by atoms with E-state index in [2.05, 4.69) is 20.6 Å². The van der Waals surface area contributed by atoms with Gasteiger partial charge in [-0.25, -0.2) is 0 Å². The van der Waals surface area contributed by atoms with Gasteiger partial charge in [0.1, 0.15) is 6.10 Å². The number of nitrogens with zero attached hydrogens (tertiary/aromatic N) is 2. The van der Waals surface area contributed by atoms with Crippen molar-refractivity contribution in [1.82, 2.24) is 20.6 Å². The van der Waals surface area contributed by atoms with Crippen LogP contribution >= 0.6 is 0 Å². The third kappa shape index (κ3) is 5.84. The van der Waals surface area contributed by atoms with Gasteiger partial charge in [0.25, 0.3) is 0 Å². The van der Waals surface area contributed by atoms with Crippen LogP contribution in [0.3, 0.4) is 0 Å². The van der Waals surface area contributed by atoms with Crippen LogP contribution in [0.15, 0.2) is 48.8 Å². The summed E-state index contributed by atoms with van der Waals surface area (Å²) in [6, 6.07) is 10.7. The number of nitrogens with one attached hydrogen (secondary N) is 2. The molecule has 3 N–H and O–H groups in total. The molecule has 23 heavy (non-hydrogen) atoms. The van der Waals surface area contributed by atoms with Gasteiger partial charge in [0.15, 0.2) is 0 Å². The molecule has 0 aliphatic rings. The summed E-state index contributed by atoms with van der Waals surface area (Å²) in [4.78, 5) is 31.6. The summed E-state index contributed by atoms with van der Waals surface area (Å²) in [5.41, 5.74) is 1.38. The van der Waals surface area contributed by atoms with Gasteiger partial charge in [0.05, 0.1) is 30.9 Å². The van der Waals surface area contributed by atoms with Crippen LogP contribution in [0.1, 0.15) is 17.8 Å². The Kier molecular flexibility index (Phi) is 6.19. The van der Waals surface area contributed by atoms with Crippen LogP contribution in [0.5, 0.6) is 0 Å². The first-order chi connectivity index (χ1) is 11.1. The van der Waals surface area contributed by atoms with Crippen LogP contribution in [0.2, 0.25) is 0 Å². The molecule has 2 amide bonds. The number of aromatic nitrogens is 2. The highest BCUT2D eigenvalue weighted by Gasteiger charge is 2.18. The van der Waals surface area contributed by atoms with Gasteiger partial charge in [-0.1, -0.05) is 12.1 Å². The Balaban J connectivity index is 1.71. The lowest BCUT2D eigenvalue weighted by Gasteiger charge is -2.11. The van der Waals surface area contributed by atoms with Gasteiger partial charge in [-0.05, 0) is 24.3 Å². The second kappa shape index (κ2) is 8.60. The van der Waals surface area contributed by atoms with E-state index in [9.17, 15) is 14.7 Å². The second-order valence-electron chi connectivity index (χ2n) is 4.86. The largest absolute Gasteiger partial charge is 0.383 e. The highest BCUT2D eigenvalue weighted by atomic mass is 16.3. The predicted molar refractivity (Wildman–Crippen MR) is 82.8 cm³/mol. The minimum absolute atomic E-state index is 0.201. The number of pyridine rings is 2. The van der Waals surface area contributed by atoms with Gasteiger partial charge in [0.2, 0.25) is 11.8 Å². The molecule has 0 aromatic carbocycles. The van der Waals surface area contributed by atoms with E-state index < -0.39 is 17.9 Å². The van der Waals surface area contributed by atoms with Crippen LogP contribution < -0.4 is 10.6 Å². The Bertz CT molecular complexity index is 634. The molecule has 0 spiro atoms. The zero-order valence-electron chi connectivity index (χ0n) is 12.5. The molecular formula is C16H18N4O3. The quantitative estimate of drug-likeness (QED) is 0.675. The Morgan fingerprint density at radius 3 is 2.04 bits per heavy atom. The van der Waals surface area contributed by atoms with E-state index in [-0.39, 0.29) is 19.5 Å². The number of carbonyl (C=O) groups is 2. The van der Waals surface area contributed by atoms with E-state index in [1.807, 2.05) is 6.07 Å². The number of aliphatic hydroxyl groups is 1. The topological polar surface area (TPSA) is 104 Å². The standard InChI is InChI=1S/C16H18N4O3/c21-14(16(23)20-11-13-6-2-4-8-18-13)9-15(22)19-10-12-5-1-3-7-17-12/h1-8,14,21H,9-11H2,(H,19,22)(H,20,23)/t14-/m0/s1. The monoisotopic (exact) mass is 314 g/mol. The first-order valence-corrected chi connectivity index (χ1v) is 7.17. The third-order valence-corrected chi connectivity index (χ3v) is 3.04. The number of rotatable bonds is 7. The van der Waals surface area contributed by atoms with Gasteiger partial charge in [0, 0.05) is 12.4 Å². The van der Waals surface area contributed by atoms with Crippen LogP contribution in [0.25, 0.3) is 0 Å². The third-order valence-electron chi connectivity index (χ3n) is 3.04. The van der Waals surface area contributed by atoms with Gasteiger partial charge in [-0.3, -0.25) is 19.6 Å². The van der Waals surface area contributed by atoms with E-state index >= 15 is 0 Å². The van der Waals surface area contributed by atoms with Crippen molar-refractivity contribution in [2.45, 2.75) is 25.6 Å². The maximum atomic E-state index is 11.7. The van der Waals surface area contributed by atoms with Crippen molar-refractivity contribution in [2.75, 3.05) is 0 Å². The lowest BCUT2D eigenvalue weighted by molar-refractivity contribution is -0.134. The van der Waals surface area contributed by atoms with Gasteiger partial charge < -0.3 is 15.7 Å². The highest BCUT2D eigenvalue weighted by molar-refractivity contribution is 5.87. The molecule has 2 rings (SSSR count). The molecule has 2 aromatic heterocycles. The summed E-state index contributed by atoms with van der Waals surface area (Å²) >= 11 is 0. The molecule has 0 bridgehead atoms. The summed E-state index contributed by atoms with van der Waals surface area (Å²) in [6.07, 6.45) is 1.54. The summed E-state index contributed by atoms with van der Waals surface area (Å²) in [6.45, 7) is 0.453. The summed E-state index contributed by atoms with van der Waals surface area (Å²) in [7, 11) is 0. The van der Waals surface area contributed by atoms with E-state index in [0.29, 0.717) is 11.4 Å². The molecule has 7 nitrogen and oxygen atoms in total. The molecule has 7 heteroatoms.